The third-order valence-electron chi connectivity index (χ3n) is 5.34. The largest absolute Gasteiger partial charge is 0.504 e. The van der Waals surface area contributed by atoms with Gasteiger partial charge in [-0.15, -0.1) is 0 Å². The van der Waals surface area contributed by atoms with Gasteiger partial charge in [-0.2, -0.15) is 0 Å². The van der Waals surface area contributed by atoms with Crippen molar-refractivity contribution in [3.05, 3.63) is 42.0 Å². The highest BCUT2D eigenvalue weighted by atomic mass is 16.7. The van der Waals surface area contributed by atoms with Crippen LogP contribution in [0.4, 0.5) is 0 Å². The zero-order chi connectivity index (χ0) is 18.4. The molecule has 7 nitrogen and oxygen atoms in total. The zero-order valence-corrected chi connectivity index (χ0v) is 14.8. The Balaban J connectivity index is 1.31. The predicted octanol–water partition coefficient (Wildman–Crippen LogP) is 2.87. The van der Waals surface area contributed by atoms with Crippen LogP contribution in [0.2, 0.25) is 0 Å². The van der Waals surface area contributed by atoms with Crippen molar-refractivity contribution in [2.45, 2.75) is 12.4 Å². The van der Waals surface area contributed by atoms with Crippen molar-refractivity contribution in [1.82, 2.24) is 0 Å². The summed E-state index contributed by atoms with van der Waals surface area (Å²) in [5.74, 6) is 2.86. The lowest BCUT2D eigenvalue weighted by Crippen LogP contribution is -2.26. The van der Waals surface area contributed by atoms with Crippen molar-refractivity contribution in [3.8, 4) is 28.7 Å². The Morgan fingerprint density at radius 1 is 0.963 bits per heavy atom. The van der Waals surface area contributed by atoms with Crippen LogP contribution in [-0.4, -0.2) is 38.5 Å². The summed E-state index contributed by atoms with van der Waals surface area (Å²) < 4.78 is 34.0. The van der Waals surface area contributed by atoms with Crippen molar-refractivity contribution in [2.75, 3.05) is 27.1 Å². The van der Waals surface area contributed by atoms with E-state index in [1.54, 1.807) is 18.2 Å². The monoisotopic (exact) mass is 372 g/mol. The van der Waals surface area contributed by atoms with E-state index in [1.807, 2.05) is 18.2 Å². The summed E-state index contributed by atoms with van der Waals surface area (Å²) in [5, 5.41) is 9.72. The molecule has 2 aromatic rings. The molecule has 2 aromatic carbocycles. The molecular weight excluding hydrogens is 352 g/mol. The highest BCUT2D eigenvalue weighted by molar-refractivity contribution is 5.46. The molecular formula is C20H20O7. The Kier molecular flexibility index (Phi) is 3.98. The second-order valence-electron chi connectivity index (χ2n) is 6.85. The van der Waals surface area contributed by atoms with Crippen molar-refractivity contribution < 1.29 is 33.5 Å². The average Bonchev–Trinajstić information content (AvgIpc) is 3.39. The lowest BCUT2D eigenvalue weighted by Gasteiger charge is -2.18. The maximum Gasteiger partial charge on any atom is 0.231 e. The molecule has 0 saturated carbocycles. The van der Waals surface area contributed by atoms with Gasteiger partial charge in [-0.3, -0.25) is 0 Å². The Labute approximate surface area is 156 Å². The van der Waals surface area contributed by atoms with Gasteiger partial charge in [-0.1, -0.05) is 6.07 Å². The summed E-state index contributed by atoms with van der Waals surface area (Å²) in [6, 6.07) is 10.8. The van der Waals surface area contributed by atoms with Crippen molar-refractivity contribution >= 4 is 0 Å². The minimum Gasteiger partial charge on any atom is -0.504 e. The van der Waals surface area contributed by atoms with Crippen molar-refractivity contribution in [1.29, 1.82) is 0 Å². The first-order valence-electron chi connectivity index (χ1n) is 8.89. The third kappa shape index (κ3) is 2.83. The van der Waals surface area contributed by atoms with Gasteiger partial charge in [-0.05, 0) is 29.8 Å². The molecule has 0 spiro atoms. The molecule has 0 bridgehead atoms. The fourth-order valence-corrected chi connectivity index (χ4v) is 3.93. The van der Waals surface area contributed by atoms with Gasteiger partial charge in [0.15, 0.2) is 23.0 Å². The highest BCUT2D eigenvalue weighted by Gasteiger charge is 2.49. The number of hydrogen-bond donors (Lipinski definition) is 1. The van der Waals surface area contributed by atoms with Crippen LogP contribution in [0.5, 0.6) is 28.7 Å². The van der Waals surface area contributed by atoms with Crippen LogP contribution in [0.3, 0.4) is 0 Å². The van der Waals surface area contributed by atoms with Crippen LogP contribution in [0, 0.1) is 11.8 Å². The van der Waals surface area contributed by atoms with E-state index >= 15 is 0 Å². The van der Waals surface area contributed by atoms with Gasteiger partial charge >= 0.3 is 0 Å². The Morgan fingerprint density at radius 3 is 2.70 bits per heavy atom. The normalized spacial score (nSPS) is 28.2. The molecule has 2 saturated heterocycles. The average molecular weight is 372 g/mol. The second-order valence-corrected chi connectivity index (χ2v) is 6.85. The SMILES string of the molecule is COc1cc(O[C@@H]2OC[C@@H]3[C@H]2CO[C@H]3c2ccc3c(c2)OCO3)ccc1O. The number of fused-ring (bicyclic) bond motifs is 2. The van der Waals surface area contributed by atoms with Gasteiger partial charge in [-0.25, -0.2) is 0 Å². The van der Waals surface area contributed by atoms with Crippen LogP contribution >= 0.6 is 0 Å². The number of methoxy groups -OCH3 is 1. The Hall–Kier alpha value is -2.64. The van der Waals surface area contributed by atoms with Gasteiger partial charge in [0.2, 0.25) is 13.1 Å². The molecule has 0 amide bonds. The smallest absolute Gasteiger partial charge is 0.231 e. The third-order valence-corrected chi connectivity index (χ3v) is 5.34. The first-order valence-corrected chi connectivity index (χ1v) is 8.89. The lowest BCUT2D eigenvalue weighted by molar-refractivity contribution is -0.0788. The van der Waals surface area contributed by atoms with Crippen LogP contribution in [0.15, 0.2) is 36.4 Å². The molecule has 2 fully saturated rings. The fourth-order valence-electron chi connectivity index (χ4n) is 3.93. The first-order chi connectivity index (χ1) is 13.2. The quantitative estimate of drug-likeness (QED) is 0.884. The maximum absolute atomic E-state index is 9.72. The van der Waals surface area contributed by atoms with E-state index in [1.165, 1.54) is 7.11 Å². The van der Waals surface area contributed by atoms with Crippen molar-refractivity contribution in [2.24, 2.45) is 11.8 Å². The molecule has 5 rings (SSSR count). The second kappa shape index (κ2) is 6.51. The van der Waals surface area contributed by atoms with E-state index in [2.05, 4.69) is 0 Å². The maximum atomic E-state index is 9.72. The number of phenols is 1. The number of phenolic OH excluding ortho intramolecular Hbond substituents is 1. The van der Waals surface area contributed by atoms with Crippen LogP contribution in [0.1, 0.15) is 11.7 Å². The van der Waals surface area contributed by atoms with E-state index in [4.69, 9.17) is 28.4 Å². The summed E-state index contributed by atoms with van der Waals surface area (Å²) in [6.45, 7) is 1.37. The summed E-state index contributed by atoms with van der Waals surface area (Å²) in [7, 11) is 1.50. The highest BCUT2D eigenvalue weighted by Crippen LogP contribution is 2.47. The predicted molar refractivity (Wildman–Crippen MR) is 93.3 cm³/mol. The summed E-state index contributed by atoms with van der Waals surface area (Å²) >= 11 is 0. The Bertz CT molecular complexity index is 852. The van der Waals surface area contributed by atoms with Gasteiger partial charge < -0.3 is 33.5 Å². The minimum absolute atomic E-state index is 0.0625. The molecule has 3 heterocycles. The number of benzene rings is 2. The number of rotatable bonds is 4. The number of ether oxygens (including phenoxy) is 6. The summed E-state index contributed by atoms with van der Waals surface area (Å²) in [6.07, 6.45) is -0.462. The molecule has 7 heteroatoms. The summed E-state index contributed by atoms with van der Waals surface area (Å²) in [5.41, 5.74) is 1.06. The lowest BCUT2D eigenvalue weighted by atomic mass is 9.89. The van der Waals surface area contributed by atoms with Crippen molar-refractivity contribution in [3.63, 3.8) is 0 Å². The Morgan fingerprint density at radius 2 is 1.81 bits per heavy atom. The molecule has 0 radical (unpaired) electrons. The molecule has 27 heavy (non-hydrogen) atoms. The molecule has 142 valence electrons. The van der Waals surface area contributed by atoms with Crippen LogP contribution < -0.4 is 18.9 Å². The molecule has 0 aliphatic carbocycles. The minimum atomic E-state index is -0.400. The van der Waals surface area contributed by atoms with Gasteiger partial charge in [0.1, 0.15) is 5.75 Å². The fraction of sp³-hybridized carbons (Fsp3) is 0.400. The molecule has 3 aliphatic rings. The zero-order valence-electron chi connectivity index (χ0n) is 14.8. The van der Waals surface area contributed by atoms with E-state index in [-0.39, 0.29) is 30.5 Å². The first kappa shape index (κ1) is 16.5. The molecule has 3 aliphatic heterocycles. The molecule has 4 atom stereocenters. The number of hydrogen-bond acceptors (Lipinski definition) is 7. The van der Waals surface area contributed by atoms with Crippen LogP contribution in [0.25, 0.3) is 0 Å². The molecule has 0 unspecified atom stereocenters. The molecule has 0 aromatic heterocycles. The van der Waals surface area contributed by atoms with E-state index in [0.717, 1.165) is 17.1 Å². The number of aromatic hydroxyl groups is 1. The summed E-state index contributed by atoms with van der Waals surface area (Å²) in [4.78, 5) is 0. The topological polar surface area (TPSA) is 75.6 Å². The van der Waals surface area contributed by atoms with E-state index in [0.29, 0.717) is 24.7 Å². The van der Waals surface area contributed by atoms with Gasteiger partial charge in [0, 0.05) is 12.0 Å². The molecule has 1 N–H and O–H groups in total. The van der Waals surface area contributed by atoms with E-state index < -0.39 is 6.29 Å². The van der Waals surface area contributed by atoms with E-state index in [9.17, 15) is 5.11 Å². The van der Waals surface area contributed by atoms with Gasteiger partial charge in [0.05, 0.1) is 32.3 Å². The standard InChI is InChI=1S/C20H20O7/c1-22-17-7-12(3-4-15(17)21)27-20-14-9-23-19(13(14)8-24-20)11-2-5-16-18(6-11)26-10-25-16/h2-7,13-14,19-21H,8-10H2,1H3/t13-,14-,19+,20+/m1/s1. The van der Waals surface area contributed by atoms with Gasteiger partial charge in [0.25, 0.3) is 0 Å². The van der Waals surface area contributed by atoms with Crippen LogP contribution in [-0.2, 0) is 9.47 Å².